The van der Waals surface area contributed by atoms with Crippen molar-refractivity contribution in [2.45, 2.75) is 113 Å². The number of quaternary nitrogens is 1. The summed E-state index contributed by atoms with van der Waals surface area (Å²) in [5, 5.41) is 14.6. The fourth-order valence-electron chi connectivity index (χ4n) is 11.4. The van der Waals surface area contributed by atoms with Gasteiger partial charge in [-0.3, -0.25) is 4.79 Å². The first kappa shape index (κ1) is 34.0. The lowest BCUT2D eigenvalue weighted by Gasteiger charge is -2.75. The van der Waals surface area contributed by atoms with Crippen LogP contribution in [0.2, 0.25) is 0 Å². The van der Waals surface area contributed by atoms with Gasteiger partial charge in [0.15, 0.2) is 11.5 Å². The van der Waals surface area contributed by atoms with Gasteiger partial charge < -0.3 is 45.5 Å². The van der Waals surface area contributed by atoms with Crippen LogP contribution in [0.5, 0.6) is 11.5 Å². The standard InChI is InChI=1S/C37H57N5O6/c1-34(2,45)27-21-35-13-14-37(27,46-5)32-36(35)15-19-42(4,22-23-9-10-23)28(35)20-24-11-12-26(30(48-32)29(24)36)47-33(44)41(3)18-17-40-31(43)25(39)8-6-7-16-38/h11-12,23,25,27-28,32,45H,6-10,13-22,38-39H2,1-5H3/p+1/t25-,27+,28+,32+,35+,36-,37+,42?/m0/s1. The number of likely N-dealkylation sites (tertiary alicyclic amines) is 1. The zero-order valence-corrected chi connectivity index (χ0v) is 29.7. The molecule has 0 aromatic heterocycles. The van der Waals surface area contributed by atoms with Crippen molar-refractivity contribution in [3.8, 4) is 11.5 Å². The van der Waals surface area contributed by atoms with Crippen LogP contribution in [0.3, 0.4) is 0 Å². The lowest BCUT2D eigenvalue weighted by molar-refractivity contribution is -0.952. The lowest BCUT2D eigenvalue weighted by Crippen LogP contribution is -2.84. The molecule has 4 bridgehead atoms. The van der Waals surface area contributed by atoms with Crippen molar-refractivity contribution in [1.29, 1.82) is 0 Å². The van der Waals surface area contributed by atoms with Crippen molar-refractivity contribution in [2.24, 2.45) is 28.7 Å². The minimum Gasteiger partial charge on any atom is -0.482 e. The fourth-order valence-corrected chi connectivity index (χ4v) is 11.4. The number of carbonyl (C=O) groups excluding carboxylic acids is 2. The molecule has 4 saturated carbocycles. The summed E-state index contributed by atoms with van der Waals surface area (Å²) in [5.41, 5.74) is 12.2. The quantitative estimate of drug-likeness (QED) is 0.185. The van der Waals surface area contributed by atoms with Gasteiger partial charge in [0.05, 0.1) is 43.2 Å². The topological polar surface area (TPSA) is 149 Å². The van der Waals surface area contributed by atoms with E-state index in [1.807, 2.05) is 19.9 Å². The van der Waals surface area contributed by atoms with Gasteiger partial charge in [0.1, 0.15) is 11.7 Å². The molecule has 1 aromatic rings. The van der Waals surface area contributed by atoms with Gasteiger partial charge in [0, 0.05) is 62.9 Å². The lowest BCUT2D eigenvalue weighted by atomic mass is 9.33. The molecule has 266 valence electrons. The first-order chi connectivity index (χ1) is 22.8. The molecule has 48 heavy (non-hydrogen) atoms. The number of amides is 2. The molecule has 2 amide bonds. The molecule has 11 heteroatoms. The van der Waals surface area contributed by atoms with Crippen molar-refractivity contribution in [3.05, 3.63) is 23.3 Å². The average molecular weight is 669 g/mol. The molecule has 1 unspecified atom stereocenters. The van der Waals surface area contributed by atoms with Crippen LogP contribution in [0.25, 0.3) is 0 Å². The number of ether oxygens (including phenoxy) is 3. The Kier molecular flexibility index (Phi) is 8.38. The molecule has 5 fully saturated rings. The molecule has 8 rings (SSSR count). The monoisotopic (exact) mass is 668 g/mol. The second kappa shape index (κ2) is 11.8. The summed E-state index contributed by atoms with van der Waals surface area (Å²) in [5.74, 6) is 1.60. The molecule has 11 nitrogen and oxygen atoms in total. The van der Waals surface area contributed by atoms with Gasteiger partial charge in [-0.2, -0.15) is 0 Å². The van der Waals surface area contributed by atoms with E-state index >= 15 is 0 Å². The van der Waals surface area contributed by atoms with E-state index < -0.39 is 23.3 Å². The number of nitrogens with zero attached hydrogens (tertiary/aromatic N) is 2. The Balaban J connectivity index is 1.17. The van der Waals surface area contributed by atoms with Crippen molar-refractivity contribution in [2.75, 3.05) is 53.9 Å². The van der Waals surface area contributed by atoms with Crippen molar-refractivity contribution < 1.29 is 33.4 Å². The summed E-state index contributed by atoms with van der Waals surface area (Å²) in [6, 6.07) is 3.91. The highest BCUT2D eigenvalue weighted by Gasteiger charge is 2.84. The molecule has 8 atom stereocenters. The van der Waals surface area contributed by atoms with Crippen LogP contribution in [0.4, 0.5) is 4.79 Å². The number of hydrogen-bond acceptors (Lipinski definition) is 8. The normalized spacial score (nSPS) is 36.2. The summed E-state index contributed by atoms with van der Waals surface area (Å²) in [6.45, 7) is 7.31. The Morgan fingerprint density at radius 1 is 1.23 bits per heavy atom. The third kappa shape index (κ3) is 4.93. The van der Waals surface area contributed by atoms with E-state index in [-0.39, 0.29) is 41.8 Å². The minimum absolute atomic E-state index is 0.0500. The Labute approximate surface area is 285 Å². The summed E-state index contributed by atoms with van der Waals surface area (Å²) in [4.78, 5) is 27.4. The van der Waals surface area contributed by atoms with Gasteiger partial charge in [-0.15, -0.1) is 0 Å². The number of hydrogen-bond donors (Lipinski definition) is 4. The molecule has 0 radical (unpaired) electrons. The summed E-state index contributed by atoms with van der Waals surface area (Å²) < 4.78 is 20.9. The van der Waals surface area contributed by atoms with Gasteiger partial charge in [0.2, 0.25) is 5.91 Å². The van der Waals surface area contributed by atoms with E-state index in [4.69, 9.17) is 25.7 Å². The second-order valence-electron chi connectivity index (χ2n) is 16.9. The molecule has 7 aliphatic rings. The van der Waals surface area contributed by atoms with Crippen molar-refractivity contribution in [3.63, 3.8) is 0 Å². The number of nitrogens with two attached hydrogens (primary N) is 2. The highest BCUT2D eigenvalue weighted by atomic mass is 16.6. The molecule has 2 aliphatic heterocycles. The zero-order chi connectivity index (χ0) is 34.3. The highest BCUT2D eigenvalue weighted by molar-refractivity contribution is 5.81. The minimum atomic E-state index is -0.945. The van der Waals surface area contributed by atoms with Crippen LogP contribution in [0.1, 0.15) is 82.8 Å². The fraction of sp³-hybridized carbons (Fsp3) is 0.784. The summed E-state index contributed by atoms with van der Waals surface area (Å²) in [6.07, 6.45) is 8.84. The third-order valence-corrected chi connectivity index (χ3v) is 13.8. The molecule has 1 saturated heterocycles. The molecule has 6 N–H and O–H groups in total. The third-order valence-electron chi connectivity index (χ3n) is 13.8. The van der Waals surface area contributed by atoms with E-state index in [2.05, 4.69) is 18.4 Å². The predicted molar refractivity (Wildman–Crippen MR) is 182 cm³/mol. The van der Waals surface area contributed by atoms with Crippen molar-refractivity contribution >= 4 is 12.0 Å². The van der Waals surface area contributed by atoms with E-state index in [0.717, 1.165) is 61.9 Å². The van der Waals surface area contributed by atoms with Crippen LogP contribution < -0.4 is 26.3 Å². The Morgan fingerprint density at radius 3 is 2.69 bits per heavy atom. The maximum absolute atomic E-state index is 13.5. The molecular formula is C37H58N5O6+. The molecular weight excluding hydrogens is 610 g/mol. The summed E-state index contributed by atoms with van der Waals surface area (Å²) >= 11 is 0. The van der Waals surface area contributed by atoms with Gasteiger partial charge in [-0.25, -0.2) is 4.79 Å². The second-order valence-corrected chi connectivity index (χ2v) is 16.9. The first-order valence-electron chi connectivity index (χ1n) is 18.4. The van der Waals surface area contributed by atoms with Gasteiger partial charge in [-0.1, -0.05) is 12.5 Å². The maximum atomic E-state index is 13.5. The zero-order valence-electron chi connectivity index (χ0n) is 29.7. The van der Waals surface area contributed by atoms with Gasteiger partial charge >= 0.3 is 6.09 Å². The number of carbonyl (C=O) groups is 2. The molecule has 5 aliphatic carbocycles. The van der Waals surface area contributed by atoms with Gasteiger partial charge in [0.25, 0.3) is 0 Å². The van der Waals surface area contributed by atoms with Crippen LogP contribution in [-0.2, 0) is 21.4 Å². The first-order valence-corrected chi connectivity index (χ1v) is 18.4. The Bertz CT molecular complexity index is 1450. The Hall–Kier alpha value is -2.44. The number of benzene rings is 1. The van der Waals surface area contributed by atoms with Crippen LogP contribution in [0.15, 0.2) is 12.1 Å². The predicted octanol–water partition coefficient (Wildman–Crippen LogP) is 2.83. The number of nitrogens with one attached hydrogen (secondary N) is 1. The number of aliphatic hydroxyl groups is 1. The van der Waals surface area contributed by atoms with Crippen LogP contribution in [-0.4, -0.2) is 110 Å². The van der Waals surface area contributed by atoms with Crippen LogP contribution >= 0.6 is 0 Å². The largest absolute Gasteiger partial charge is 0.482 e. The molecule has 2 spiro atoms. The molecule has 1 aromatic carbocycles. The SMILES string of the molecule is CO[C@]12CC[C@@]3(C[C@@H]1C(C)(C)O)[C@H]1Cc4ccc(OC(=O)N(C)CCNC(=O)[C@@H](N)CCCCN)c5c4[C@@]3(CC[N+]1(C)CC1CC1)[C@H]2O5. The highest BCUT2D eigenvalue weighted by Crippen LogP contribution is 2.78. The van der Waals surface area contributed by atoms with E-state index in [0.29, 0.717) is 30.5 Å². The number of unbranched alkanes of at least 4 members (excludes halogenated alkanes) is 1. The average Bonchev–Trinajstić information content (AvgIpc) is 3.78. The van der Waals surface area contributed by atoms with E-state index in [1.54, 1.807) is 14.2 Å². The number of fused-ring (bicyclic) bond motifs is 2. The summed E-state index contributed by atoms with van der Waals surface area (Å²) in [7, 11) is 5.95. The van der Waals surface area contributed by atoms with Crippen LogP contribution in [0, 0.1) is 17.3 Å². The van der Waals surface area contributed by atoms with E-state index in [1.165, 1.54) is 35.4 Å². The smallest absolute Gasteiger partial charge is 0.415 e. The molecule has 2 heterocycles. The van der Waals surface area contributed by atoms with Crippen molar-refractivity contribution in [1.82, 2.24) is 10.2 Å². The number of likely N-dealkylation sites (N-methyl/N-ethyl adjacent to an activating group) is 2. The number of piperidine rings is 1. The van der Waals surface area contributed by atoms with Gasteiger partial charge in [-0.05, 0) is 77.0 Å². The number of methoxy groups -OCH3 is 1. The Morgan fingerprint density at radius 2 is 2.00 bits per heavy atom. The maximum Gasteiger partial charge on any atom is 0.415 e. The van der Waals surface area contributed by atoms with E-state index in [9.17, 15) is 14.7 Å². The number of rotatable bonds is 13.